The van der Waals surface area contributed by atoms with Gasteiger partial charge in [-0.2, -0.15) is 5.26 Å². The lowest BCUT2D eigenvalue weighted by Gasteiger charge is -2.26. The molecule has 3 nitrogen and oxygen atoms in total. The second-order valence-electron chi connectivity index (χ2n) is 6.42. The van der Waals surface area contributed by atoms with Crippen molar-refractivity contribution in [3.05, 3.63) is 0 Å². The minimum Gasteiger partial charge on any atom is -0.303 e. The lowest BCUT2D eigenvalue weighted by atomic mass is 10.1. The van der Waals surface area contributed by atoms with Crippen molar-refractivity contribution >= 4 is 0 Å². The molecule has 3 fully saturated rings. The van der Waals surface area contributed by atoms with Crippen LogP contribution in [0.4, 0.5) is 0 Å². The monoisotopic (exact) mass is 247 g/mol. The maximum Gasteiger partial charge on any atom is 0.0638 e. The molecule has 2 atom stereocenters. The third kappa shape index (κ3) is 2.87. The topological polar surface area (TPSA) is 30.3 Å². The number of hydrogen-bond acceptors (Lipinski definition) is 3. The molecule has 1 aliphatic carbocycles. The van der Waals surface area contributed by atoms with E-state index in [4.69, 9.17) is 5.26 Å². The number of likely N-dealkylation sites (tertiary alicyclic amines) is 2. The summed E-state index contributed by atoms with van der Waals surface area (Å²) in [7, 11) is 0. The molecule has 3 heteroatoms. The van der Waals surface area contributed by atoms with Crippen molar-refractivity contribution in [3.8, 4) is 6.07 Å². The maximum atomic E-state index is 8.98. The van der Waals surface area contributed by atoms with Gasteiger partial charge in [0.2, 0.25) is 0 Å². The molecule has 0 aromatic rings. The molecule has 0 amide bonds. The van der Waals surface area contributed by atoms with Crippen molar-refractivity contribution in [3.63, 3.8) is 0 Å². The number of hydrogen-bond donors (Lipinski definition) is 0. The van der Waals surface area contributed by atoms with Crippen LogP contribution in [0.15, 0.2) is 0 Å². The van der Waals surface area contributed by atoms with Crippen LogP contribution in [0.25, 0.3) is 0 Å². The average molecular weight is 247 g/mol. The van der Waals surface area contributed by atoms with Gasteiger partial charge in [0.25, 0.3) is 0 Å². The van der Waals surface area contributed by atoms with Crippen molar-refractivity contribution in [2.45, 2.75) is 44.6 Å². The van der Waals surface area contributed by atoms with Gasteiger partial charge in [-0.1, -0.05) is 0 Å². The van der Waals surface area contributed by atoms with E-state index in [1.807, 2.05) is 0 Å². The van der Waals surface area contributed by atoms with E-state index in [0.717, 1.165) is 18.3 Å². The predicted molar refractivity (Wildman–Crippen MR) is 72.1 cm³/mol. The van der Waals surface area contributed by atoms with Gasteiger partial charge in [0, 0.05) is 19.1 Å². The first-order chi connectivity index (χ1) is 8.86. The summed E-state index contributed by atoms with van der Waals surface area (Å²) in [5, 5.41) is 8.98. The minimum atomic E-state index is 0.582. The SMILES string of the molecule is N#CC[C@H](C1CC1)N1CC[C@H](CN2CCCC2)C1. The van der Waals surface area contributed by atoms with E-state index in [1.54, 1.807) is 0 Å². The first kappa shape index (κ1) is 12.4. The third-order valence-electron chi connectivity index (χ3n) is 4.97. The molecule has 0 radical (unpaired) electrons. The molecular weight excluding hydrogens is 222 g/mol. The molecule has 0 aromatic carbocycles. The molecule has 0 N–H and O–H groups in total. The second kappa shape index (κ2) is 5.59. The zero-order valence-corrected chi connectivity index (χ0v) is 11.4. The molecule has 0 aromatic heterocycles. The Labute approximate surface area is 111 Å². The van der Waals surface area contributed by atoms with Gasteiger partial charge in [0.1, 0.15) is 0 Å². The fourth-order valence-electron chi connectivity index (χ4n) is 3.81. The van der Waals surface area contributed by atoms with E-state index in [2.05, 4.69) is 15.9 Å². The van der Waals surface area contributed by atoms with Crippen LogP contribution in [0.3, 0.4) is 0 Å². The van der Waals surface area contributed by atoms with E-state index in [1.165, 1.54) is 64.8 Å². The Morgan fingerprint density at radius 3 is 2.56 bits per heavy atom. The number of nitriles is 1. The molecule has 18 heavy (non-hydrogen) atoms. The molecule has 100 valence electrons. The van der Waals surface area contributed by atoms with Crippen molar-refractivity contribution in [2.75, 3.05) is 32.7 Å². The minimum absolute atomic E-state index is 0.582. The molecule has 2 saturated heterocycles. The van der Waals surface area contributed by atoms with Gasteiger partial charge in [-0.3, -0.25) is 4.90 Å². The largest absolute Gasteiger partial charge is 0.303 e. The maximum absolute atomic E-state index is 8.98. The molecule has 2 aliphatic heterocycles. The van der Waals surface area contributed by atoms with Gasteiger partial charge < -0.3 is 4.90 Å². The zero-order chi connectivity index (χ0) is 12.4. The van der Waals surface area contributed by atoms with Crippen LogP contribution < -0.4 is 0 Å². The van der Waals surface area contributed by atoms with Crippen molar-refractivity contribution in [2.24, 2.45) is 11.8 Å². The molecule has 0 spiro atoms. The summed E-state index contributed by atoms with van der Waals surface area (Å²) in [5.74, 6) is 1.71. The summed E-state index contributed by atoms with van der Waals surface area (Å²) in [6, 6.07) is 2.98. The lowest BCUT2D eigenvalue weighted by molar-refractivity contribution is 0.202. The Balaban J connectivity index is 1.49. The van der Waals surface area contributed by atoms with Gasteiger partial charge in [-0.15, -0.1) is 0 Å². The van der Waals surface area contributed by atoms with Crippen LogP contribution in [-0.4, -0.2) is 48.6 Å². The summed E-state index contributed by atoms with van der Waals surface area (Å²) >= 11 is 0. The number of rotatable bonds is 5. The normalized spacial score (nSPS) is 31.6. The smallest absolute Gasteiger partial charge is 0.0638 e. The van der Waals surface area contributed by atoms with Gasteiger partial charge in [0.05, 0.1) is 12.5 Å². The quantitative estimate of drug-likeness (QED) is 0.745. The Hall–Kier alpha value is -0.590. The summed E-state index contributed by atoms with van der Waals surface area (Å²) in [6.07, 6.45) is 7.62. The summed E-state index contributed by atoms with van der Waals surface area (Å²) in [5.41, 5.74) is 0. The Bertz CT molecular complexity index is 312. The fraction of sp³-hybridized carbons (Fsp3) is 0.933. The van der Waals surface area contributed by atoms with Crippen LogP contribution >= 0.6 is 0 Å². The van der Waals surface area contributed by atoms with Crippen molar-refractivity contribution < 1.29 is 0 Å². The Morgan fingerprint density at radius 1 is 1.11 bits per heavy atom. The van der Waals surface area contributed by atoms with E-state index in [0.29, 0.717) is 6.04 Å². The van der Waals surface area contributed by atoms with E-state index in [-0.39, 0.29) is 0 Å². The van der Waals surface area contributed by atoms with Gasteiger partial charge in [-0.25, -0.2) is 0 Å². The summed E-state index contributed by atoms with van der Waals surface area (Å²) < 4.78 is 0. The first-order valence-electron chi connectivity index (χ1n) is 7.70. The zero-order valence-electron chi connectivity index (χ0n) is 11.4. The molecular formula is C15H25N3. The van der Waals surface area contributed by atoms with Gasteiger partial charge >= 0.3 is 0 Å². The van der Waals surface area contributed by atoms with Crippen LogP contribution in [0.5, 0.6) is 0 Å². The molecule has 1 saturated carbocycles. The molecule has 0 unspecified atom stereocenters. The highest BCUT2D eigenvalue weighted by Crippen LogP contribution is 2.38. The second-order valence-corrected chi connectivity index (χ2v) is 6.42. The van der Waals surface area contributed by atoms with Gasteiger partial charge in [0.15, 0.2) is 0 Å². The van der Waals surface area contributed by atoms with E-state index in [9.17, 15) is 0 Å². The van der Waals surface area contributed by atoms with E-state index < -0.39 is 0 Å². The highest BCUT2D eigenvalue weighted by molar-refractivity contribution is 4.96. The predicted octanol–water partition coefficient (Wildman–Crippen LogP) is 2.10. The van der Waals surface area contributed by atoms with Crippen molar-refractivity contribution in [1.29, 1.82) is 5.26 Å². The first-order valence-corrected chi connectivity index (χ1v) is 7.70. The van der Waals surface area contributed by atoms with Gasteiger partial charge in [-0.05, 0) is 63.6 Å². The Kier molecular flexibility index (Phi) is 3.86. The van der Waals surface area contributed by atoms with Crippen LogP contribution in [0.1, 0.15) is 38.5 Å². The average Bonchev–Trinajstić information content (AvgIpc) is 2.88. The van der Waals surface area contributed by atoms with Crippen molar-refractivity contribution in [1.82, 2.24) is 9.80 Å². The molecule has 3 rings (SSSR count). The van der Waals surface area contributed by atoms with Crippen LogP contribution in [-0.2, 0) is 0 Å². The molecule has 0 bridgehead atoms. The summed E-state index contributed by atoms with van der Waals surface area (Å²) in [4.78, 5) is 5.27. The summed E-state index contributed by atoms with van der Waals surface area (Å²) in [6.45, 7) is 6.43. The molecule has 3 aliphatic rings. The molecule has 2 heterocycles. The highest BCUT2D eigenvalue weighted by atomic mass is 15.2. The van der Waals surface area contributed by atoms with E-state index >= 15 is 0 Å². The highest BCUT2D eigenvalue weighted by Gasteiger charge is 2.38. The Morgan fingerprint density at radius 2 is 1.89 bits per heavy atom. The van der Waals surface area contributed by atoms with Crippen LogP contribution in [0.2, 0.25) is 0 Å². The number of nitrogens with zero attached hydrogens (tertiary/aromatic N) is 3. The fourth-order valence-corrected chi connectivity index (χ4v) is 3.81. The standard InChI is InChI=1S/C15H25N3/c16-7-5-15(14-3-4-14)18-10-6-13(12-18)11-17-8-1-2-9-17/h13-15H,1-6,8-12H2/t13-,15-/m1/s1. The lowest BCUT2D eigenvalue weighted by Crippen LogP contribution is -2.36. The third-order valence-corrected chi connectivity index (χ3v) is 4.97. The van der Waals surface area contributed by atoms with Crippen LogP contribution in [0, 0.1) is 23.2 Å².